The van der Waals surface area contributed by atoms with Crippen LogP contribution in [0.3, 0.4) is 0 Å². The van der Waals surface area contributed by atoms with Gasteiger partial charge in [0.25, 0.3) is 5.78 Å². The molecule has 0 saturated carbocycles. The lowest BCUT2D eigenvalue weighted by atomic mass is 9.94. The predicted molar refractivity (Wildman–Crippen MR) is 147 cm³/mol. The summed E-state index contributed by atoms with van der Waals surface area (Å²) in [5.74, 6) is -0.358. The number of aliphatic hydroxyl groups is 1. The Kier molecular flexibility index (Phi) is 6.08. The molecule has 0 bridgehead atoms. The maximum absolute atomic E-state index is 13.5. The number of hydrogen-bond donors (Lipinski definition) is 1. The number of carbonyl (C=O) groups is 2. The van der Waals surface area contributed by atoms with Gasteiger partial charge in [-0.15, -0.1) is 0 Å². The number of anilines is 1. The Bertz CT molecular complexity index is 1650. The highest BCUT2D eigenvalue weighted by Gasteiger charge is 2.48. The lowest BCUT2D eigenvalue weighted by Gasteiger charge is -2.23. The summed E-state index contributed by atoms with van der Waals surface area (Å²) in [6, 6.07) is 16.8. The van der Waals surface area contributed by atoms with Gasteiger partial charge in [0.15, 0.2) is 5.13 Å². The average molecular weight is 547 g/mol. The van der Waals surface area contributed by atoms with E-state index in [1.807, 2.05) is 38.1 Å². The van der Waals surface area contributed by atoms with Gasteiger partial charge in [-0.05, 0) is 73.5 Å². The molecule has 38 heavy (non-hydrogen) atoms. The van der Waals surface area contributed by atoms with Crippen LogP contribution < -0.4 is 14.4 Å². The first-order valence-corrected chi connectivity index (χ1v) is 13.4. The maximum atomic E-state index is 13.5. The van der Waals surface area contributed by atoms with E-state index < -0.39 is 17.7 Å². The number of benzene rings is 3. The average Bonchev–Trinajstić information content (AvgIpc) is 3.56. The fraction of sp³-hybridized carbons (Fsp3) is 0.207. The van der Waals surface area contributed by atoms with Gasteiger partial charge in [-0.3, -0.25) is 14.5 Å². The third-order valence-corrected chi connectivity index (χ3v) is 7.90. The number of amides is 1. The summed E-state index contributed by atoms with van der Waals surface area (Å²) in [5, 5.41) is 12.3. The minimum atomic E-state index is -0.913. The minimum absolute atomic E-state index is 0.0153. The summed E-state index contributed by atoms with van der Waals surface area (Å²) in [6.07, 6.45) is 0.722. The molecular formula is C29H23ClN2O5S. The second-order valence-corrected chi connectivity index (χ2v) is 10.7. The molecule has 1 saturated heterocycles. The van der Waals surface area contributed by atoms with Gasteiger partial charge in [-0.25, -0.2) is 4.98 Å². The van der Waals surface area contributed by atoms with Gasteiger partial charge in [0, 0.05) is 17.0 Å². The van der Waals surface area contributed by atoms with E-state index in [1.165, 1.54) is 16.2 Å². The van der Waals surface area contributed by atoms with Crippen molar-refractivity contribution in [3.63, 3.8) is 0 Å². The van der Waals surface area contributed by atoms with Gasteiger partial charge in [-0.1, -0.05) is 35.1 Å². The van der Waals surface area contributed by atoms with Crippen LogP contribution >= 0.6 is 22.9 Å². The molecule has 1 aromatic heterocycles. The third-order valence-electron chi connectivity index (χ3n) is 6.64. The topological polar surface area (TPSA) is 89.0 Å². The van der Waals surface area contributed by atoms with Crippen LogP contribution in [0, 0.1) is 0 Å². The molecule has 0 unspecified atom stereocenters. The van der Waals surface area contributed by atoms with Crippen molar-refractivity contribution in [1.82, 2.24) is 4.98 Å². The van der Waals surface area contributed by atoms with Crippen LogP contribution in [0.25, 0.3) is 16.0 Å². The molecule has 6 rings (SSSR count). The van der Waals surface area contributed by atoms with Crippen molar-refractivity contribution < 1.29 is 24.2 Å². The van der Waals surface area contributed by atoms with Crippen molar-refractivity contribution in [2.75, 3.05) is 11.5 Å². The summed E-state index contributed by atoms with van der Waals surface area (Å²) < 4.78 is 12.2. The third kappa shape index (κ3) is 4.10. The first kappa shape index (κ1) is 24.5. The van der Waals surface area contributed by atoms with E-state index in [-0.39, 0.29) is 17.4 Å². The number of nitrogens with zero attached hydrogens (tertiary/aromatic N) is 2. The molecule has 1 fully saturated rings. The molecule has 1 amide bonds. The summed E-state index contributed by atoms with van der Waals surface area (Å²) >= 11 is 7.59. The van der Waals surface area contributed by atoms with Crippen LogP contribution in [0.4, 0.5) is 5.13 Å². The Labute approximate surface area is 227 Å². The predicted octanol–water partition coefficient (Wildman–Crippen LogP) is 6.30. The molecule has 0 spiro atoms. The Morgan fingerprint density at radius 3 is 2.82 bits per heavy atom. The van der Waals surface area contributed by atoms with E-state index in [1.54, 1.807) is 36.4 Å². The molecule has 3 heterocycles. The van der Waals surface area contributed by atoms with Gasteiger partial charge < -0.3 is 14.6 Å². The highest BCUT2D eigenvalue weighted by Crippen LogP contribution is 2.45. The zero-order chi connectivity index (χ0) is 26.6. The second kappa shape index (κ2) is 9.45. The van der Waals surface area contributed by atoms with Gasteiger partial charge in [0.1, 0.15) is 23.4 Å². The van der Waals surface area contributed by atoms with Crippen LogP contribution in [0.1, 0.15) is 36.6 Å². The lowest BCUT2D eigenvalue weighted by Crippen LogP contribution is -2.29. The minimum Gasteiger partial charge on any atom is -0.507 e. The van der Waals surface area contributed by atoms with Gasteiger partial charge in [-0.2, -0.15) is 0 Å². The number of thiazole rings is 1. The number of ketones is 1. The van der Waals surface area contributed by atoms with E-state index in [4.69, 9.17) is 21.1 Å². The highest BCUT2D eigenvalue weighted by molar-refractivity contribution is 7.22. The molecule has 7 nitrogen and oxygen atoms in total. The molecule has 4 aromatic rings. The standard InChI is InChI=1S/C29H23ClN2O5S/c1-3-36-20-8-9-21-23(14-20)38-29(31-21)32-25(16-5-4-6-19(30)13-16)24(27(34)28(32)35)26(33)17-7-10-22-18(12-17)11-15(2)37-22/h4-10,12-15,25,33H,3,11H2,1-2H3/b26-24+/t15-,25-/m0/s1. The van der Waals surface area contributed by atoms with Crippen LogP contribution in [0.5, 0.6) is 11.5 Å². The molecule has 2 aliphatic rings. The van der Waals surface area contributed by atoms with E-state index in [0.717, 1.165) is 16.0 Å². The number of rotatable bonds is 5. The molecule has 3 aromatic carbocycles. The maximum Gasteiger partial charge on any atom is 0.301 e. The molecule has 1 N–H and O–H groups in total. The fourth-order valence-corrected chi connectivity index (χ4v) is 6.22. The number of carbonyl (C=O) groups excluding carboxylic acids is 2. The van der Waals surface area contributed by atoms with Crippen LogP contribution in [-0.2, 0) is 16.0 Å². The first-order chi connectivity index (χ1) is 18.3. The van der Waals surface area contributed by atoms with Crippen molar-refractivity contribution in [2.24, 2.45) is 0 Å². The zero-order valence-corrected chi connectivity index (χ0v) is 22.2. The van der Waals surface area contributed by atoms with Crippen molar-refractivity contribution in [3.8, 4) is 11.5 Å². The number of ether oxygens (including phenoxy) is 2. The smallest absolute Gasteiger partial charge is 0.301 e. The Hall–Kier alpha value is -3.88. The molecule has 0 aliphatic carbocycles. The normalized spacial score (nSPS) is 20.1. The van der Waals surface area contributed by atoms with E-state index in [2.05, 4.69) is 4.98 Å². The van der Waals surface area contributed by atoms with Crippen LogP contribution in [0.15, 0.2) is 66.2 Å². The quantitative estimate of drug-likeness (QED) is 0.179. The van der Waals surface area contributed by atoms with Gasteiger partial charge in [0.2, 0.25) is 0 Å². The molecular weight excluding hydrogens is 524 g/mol. The second-order valence-electron chi connectivity index (χ2n) is 9.24. The molecule has 9 heteroatoms. The van der Waals surface area contributed by atoms with Crippen LogP contribution in [-0.4, -0.2) is 34.5 Å². The van der Waals surface area contributed by atoms with Crippen LogP contribution in [0.2, 0.25) is 5.02 Å². The summed E-state index contributed by atoms with van der Waals surface area (Å²) in [5.41, 5.74) is 2.63. The Balaban J connectivity index is 1.51. The number of fused-ring (bicyclic) bond motifs is 2. The largest absolute Gasteiger partial charge is 0.507 e. The number of hydrogen-bond acceptors (Lipinski definition) is 7. The monoisotopic (exact) mass is 546 g/mol. The Morgan fingerprint density at radius 1 is 1.18 bits per heavy atom. The Morgan fingerprint density at radius 2 is 2.03 bits per heavy atom. The van der Waals surface area contributed by atoms with E-state index >= 15 is 0 Å². The van der Waals surface area contributed by atoms with E-state index in [9.17, 15) is 14.7 Å². The van der Waals surface area contributed by atoms with Crippen molar-refractivity contribution in [1.29, 1.82) is 0 Å². The van der Waals surface area contributed by atoms with Gasteiger partial charge in [0.05, 0.1) is 28.4 Å². The van der Waals surface area contributed by atoms with Crippen molar-refractivity contribution in [2.45, 2.75) is 32.4 Å². The summed E-state index contributed by atoms with van der Waals surface area (Å²) in [4.78, 5) is 33.0. The number of halogens is 1. The fourth-order valence-electron chi connectivity index (χ4n) is 5.00. The highest BCUT2D eigenvalue weighted by atomic mass is 35.5. The summed E-state index contributed by atoms with van der Waals surface area (Å²) in [6.45, 7) is 4.40. The lowest BCUT2D eigenvalue weighted by molar-refractivity contribution is -0.132. The van der Waals surface area contributed by atoms with Crippen molar-refractivity contribution in [3.05, 3.63) is 87.9 Å². The van der Waals surface area contributed by atoms with Gasteiger partial charge >= 0.3 is 5.91 Å². The molecule has 2 aliphatic heterocycles. The molecule has 192 valence electrons. The van der Waals surface area contributed by atoms with Crippen molar-refractivity contribution >= 4 is 55.7 Å². The number of aliphatic hydroxyl groups excluding tert-OH is 1. The number of aromatic nitrogens is 1. The van der Waals surface area contributed by atoms with E-state index in [0.29, 0.717) is 45.6 Å². The SMILES string of the molecule is CCOc1ccc2nc(N3C(=O)C(=O)/C(=C(/O)c4ccc5c(c4)C[C@H](C)O5)[C@@H]3c3cccc(Cl)c3)sc2c1. The number of Topliss-reactive ketones (excluding diaryl/α,β-unsaturated/α-hetero) is 1. The zero-order valence-electron chi connectivity index (χ0n) is 20.6. The summed E-state index contributed by atoms with van der Waals surface area (Å²) in [7, 11) is 0. The molecule has 2 atom stereocenters. The molecule has 0 radical (unpaired) electrons. The first-order valence-electron chi connectivity index (χ1n) is 12.2.